The lowest BCUT2D eigenvalue weighted by atomic mass is 10.1. The molecule has 1 aromatic carbocycles. The second kappa shape index (κ2) is 12.2. The maximum absolute atomic E-state index is 12.2. The van der Waals surface area contributed by atoms with Crippen molar-refractivity contribution in [1.82, 2.24) is 15.5 Å². The first-order valence-electron chi connectivity index (χ1n) is 9.28. The highest BCUT2D eigenvalue weighted by Gasteiger charge is 2.27. The fraction of sp³-hybridized carbons (Fsp3) is 0.579. The fourth-order valence-corrected chi connectivity index (χ4v) is 3.02. The molecule has 0 bridgehead atoms. The van der Waals surface area contributed by atoms with Gasteiger partial charge in [-0.25, -0.2) is 0 Å². The fourth-order valence-electron chi connectivity index (χ4n) is 3.02. The molecule has 0 spiro atoms. The molecule has 0 saturated carbocycles. The number of alkyl halides is 3. The summed E-state index contributed by atoms with van der Waals surface area (Å²) in [6, 6.07) is 7.33. The predicted octanol–water partition coefficient (Wildman–Crippen LogP) is 3.06. The molecule has 0 radical (unpaired) electrons. The molecule has 0 aromatic heterocycles. The van der Waals surface area contributed by atoms with Gasteiger partial charge in [0.2, 0.25) is 5.91 Å². The summed E-state index contributed by atoms with van der Waals surface area (Å²) in [6.45, 7) is 2.36. The lowest BCUT2D eigenvalue weighted by Gasteiger charge is -2.19. The minimum atomic E-state index is -4.32. The third-order valence-electron chi connectivity index (χ3n) is 4.39. The summed E-state index contributed by atoms with van der Waals surface area (Å²) in [5.74, 6) is 0.770. The van der Waals surface area contributed by atoms with E-state index < -0.39 is 12.8 Å². The van der Waals surface area contributed by atoms with Crippen LogP contribution in [0.3, 0.4) is 0 Å². The number of rotatable bonds is 7. The number of halogens is 4. The molecule has 1 amide bonds. The molecule has 2 N–H and O–H groups in total. The molecular weight excluding hydrogens is 500 g/mol. The van der Waals surface area contributed by atoms with Gasteiger partial charge in [0.05, 0.1) is 6.61 Å². The molecule has 164 valence electrons. The zero-order valence-corrected chi connectivity index (χ0v) is 18.9. The Balaban J connectivity index is 0.00000420. The third kappa shape index (κ3) is 9.20. The molecule has 1 atom stereocenters. The average molecular weight is 528 g/mol. The highest BCUT2D eigenvalue weighted by Crippen LogP contribution is 2.16. The number of ether oxygens (including phenoxy) is 1. The number of carbonyl (C=O) groups is 1. The van der Waals surface area contributed by atoms with Gasteiger partial charge in [-0.15, -0.1) is 24.0 Å². The maximum atomic E-state index is 12.2. The van der Waals surface area contributed by atoms with E-state index >= 15 is 0 Å². The van der Waals surface area contributed by atoms with E-state index in [1.54, 1.807) is 25.2 Å². The number of hydrogen-bond donors (Lipinski definition) is 2. The molecule has 1 unspecified atom stereocenters. The first-order chi connectivity index (χ1) is 13.3. The van der Waals surface area contributed by atoms with Crippen LogP contribution in [0, 0.1) is 0 Å². The quantitative estimate of drug-likeness (QED) is 0.325. The zero-order valence-electron chi connectivity index (χ0n) is 16.6. The molecular formula is C19H28F3IN4O2. The number of aliphatic imine (C=N–C) groups is 1. The van der Waals surface area contributed by atoms with Crippen LogP contribution >= 0.6 is 24.0 Å². The van der Waals surface area contributed by atoms with Crippen LogP contribution in [0.1, 0.15) is 30.9 Å². The van der Waals surface area contributed by atoms with Crippen molar-refractivity contribution in [2.24, 2.45) is 4.99 Å². The monoisotopic (exact) mass is 528 g/mol. The third-order valence-corrected chi connectivity index (χ3v) is 4.39. The van der Waals surface area contributed by atoms with Gasteiger partial charge in [0.15, 0.2) is 5.96 Å². The van der Waals surface area contributed by atoms with E-state index in [-0.39, 0.29) is 42.5 Å². The SMILES string of the molecule is CCC(=O)N1CCC(NC(=NC)NCc2cccc(COCC(F)(F)F)c2)C1.I. The first kappa shape index (κ1) is 25.5. The number of nitrogens with one attached hydrogen (secondary N) is 2. The van der Waals surface area contributed by atoms with Crippen molar-refractivity contribution in [3.8, 4) is 0 Å². The van der Waals surface area contributed by atoms with Crippen molar-refractivity contribution in [3.05, 3.63) is 35.4 Å². The van der Waals surface area contributed by atoms with Gasteiger partial charge in [0, 0.05) is 39.1 Å². The van der Waals surface area contributed by atoms with Crippen molar-refractivity contribution in [1.29, 1.82) is 0 Å². The predicted molar refractivity (Wildman–Crippen MR) is 116 cm³/mol. The lowest BCUT2D eigenvalue weighted by Crippen LogP contribution is -2.44. The Kier molecular flexibility index (Phi) is 10.7. The van der Waals surface area contributed by atoms with Crippen LogP contribution in [0.25, 0.3) is 0 Å². The van der Waals surface area contributed by atoms with Gasteiger partial charge in [-0.2, -0.15) is 13.2 Å². The Morgan fingerprint density at radius 1 is 1.34 bits per heavy atom. The largest absolute Gasteiger partial charge is 0.411 e. The minimum absolute atomic E-state index is 0. The van der Waals surface area contributed by atoms with Gasteiger partial charge in [-0.05, 0) is 17.5 Å². The molecule has 1 aliphatic heterocycles. The van der Waals surface area contributed by atoms with E-state index in [0.29, 0.717) is 31.0 Å². The zero-order chi connectivity index (χ0) is 20.6. The van der Waals surface area contributed by atoms with Gasteiger partial charge in [-0.3, -0.25) is 9.79 Å². The maximum Gasteiger partial charge on any atom is 0.411 e. The van der Waals surface area contributed by atoms with Crippen molar-refractivity contribution in [3.63, 3.8) is 0 Å². The van der Waals surface area contributed by atoms with Crippen LogP contribution in [-0.2, 0) is 22.7 Å². The van der Waals surface area contributed by atoms with Gasteiger partial charge in [0.25, 0.3) is 0 Å². The highest BCUT2D eigenvalue weighted by molar-refractivity contribution is 14.0. The molecule has 1 heterocycles. The molecule has 6 nitrogen and oxygen atoms in total. The van der Waals surface area contributed by atoms with Gasteiger partial charge in [0.1, 0.15) is 6.61 Å². The molecule has 10 heteroatoms. The normalized spacial score (nSPS) is 17.1. The van der Waals surface area contributed by atoms with Crippen LogP contribution in [0.5, 0.6) is 0 Å². The molecule has 1 fully saturated rings. The number of hydrogen-bond acceptors (Lipinski definition) is 3. The van der Waals surface area contributed by atoms with Gasteiger partial charge in [-0.1, -0.05) is 31.2 Å². The van der Waals surface area contributed by atoms with Crippen LogP contribution in [0.4, 0.5) is 13.2 Å². The summed E-state index contributed by atoms with van der Waals surface area (Å²) in [5, 5.41) is 6.50. The number of amides is 1. The lowest BCUT2D eigenvalue weighted by molar-refractivity contribution is -0.176. The van der Waals surface area contributed by atoms with Crippen molar-refractivity contribution in [2.75, 3.05) is 26.7 Å². The van der Waals surface area contributed by atoms with Crippen LogP contribution in [0.2, 0.25) is 0 Å². The minimum Gasteiger partial charge on any atom is -0.367 e. The topological polar surface area (TPSA) is 66.0 Å². The van der Waals surface area contributed by atoms with Crippen LogP contribution in [-0.4, -0.2) is 55.7 Å². The van der Waals surface area contributed by atoms with Gasteiger partial charge >= 0.3 is 6.18 Å². The molecule has 1 aromatic rings. The smallest absolute Gasteiger partial charge is 0.367 e. The molecule has 1 aliphatic rings. The van der Waals surface area contributed by atoms with E-state index in [0.717, 1.165) is 18.5 Å². The number of likely N-dealkylation sites (tertiary alicyclic amines) is 1. The Bertz CT molecular complexity index is 686. The second-order valence-electron chi connectivity index (χ2n) is 6.68. The van der Waals surface area contributed by atoms with E-state index in [9.17, 15) is 18.0 Å². The number of nitrogens with zero attached hydrogens (tertiary/aromatic N) is 2. The van der Waals surface area contributed by atoms with E-state index in [4.69, 9.17) is 4.74 Å². The van der Waals surface area contributed by atoms with E-state index in [2.05, 4.69) is 15.6 Å². The molecule has 2 rings (SSSR count). The number of carbonyl (C=O) groups excluding carboxylic acids is 1. The summed E-state index contributed by atoms with van der Waals surface area (Å²) in [4.78, 5) is 17.8. The summed E-state index contributed by atoms with van der Waals surface area (Å²) in [5.41, 5.74) is 1.58. The Morgan fingerprint density at radius 3 is 2.72 bits per heavy atom. The van der Waals surface area contributed by atoms with Crippen molar-refractivity contribution < 1.29 is 22.7 Å². The van der Waals surface area contributed by atoms with Gasteiger partial charge < -0.3 is 20.3 Å². The Hall–Kier alpha value is -1.56. The average Bonchev–Trinajstić information content (AvgIpc) is 3.12. The Morgan fingerprint density at radius 2 is 2.07 bits per heavy atom. The van der Waals surface area contributed by atoms with Crippen LogP contribution in [0.15, 0.2) is 29.3 Å². The van der Waals surface area contributed by atoms with Crippen LogP contribution < -0.4 is 10.6 Å². The second-order valence-corrected chi connectivity index (χ2v) is 6.68. The number of guanidine groups is 1. The molecule has 29 heavy (non-hydrogen) atoms. The Labute approximate surface area is 186 Å². The molecule has 1 saturated heterocycles. The highest BCUT2D eigenvalue weighted by atomic mass is 127. The summed E-state index contributed by atoms with van der Waals surface area (Å²) < 4.78 is 41.2. The summed E-state index contributed by atoms with van der Waals surface area (Å²) >= 11 is 0. The summed E-state index contributed by atoms with van der Waals surface area (Å²) in [6.07, 6.45) is -2.96. The standard InChI is InChI=1S/C19H27F3N4O2.HI/c1-3-17(27)26-8-7-16(11-26)25-18(23-2)24-10-14-5-4-6-15(9-14)12-28-13-19(20,21)22;/h4-6,9,16H,3,7-8,10-13H2,1-2H3,(H2,23,24,25);1H. The van der Waals surface area contributed by atoms with E-state index in [1.165, 1.54) is 0 Å². The van der Waals surface area contributed by atoms with Crippen molar-refractivity contribution in [2.45, 2.75) is 45.1 Å². The number of benzene rings is 1. The summed E-state index contributed by atoms with van der Waals surface area (Å²) in [7, 11) is 1.67. The molecule has 0 aliphatic carbocycles. The van der Waals surface area contributed by atoms with Crippen molar-refractivity contribution >= 4 is 35.8 Å². The van der Waals surface area contributed by atoms with E-state index in [1.807, 2.05) is 17.9 Å². The first-order valence-corrected chi connectivity index (χ1v) is 9.28.